The topological polar surface area (TPSA) is 52.6 Å². The molecule has 0 aromatic heterocycles. The van der Waals surface area contributed by atoms with Crippen LogP contribution in [0.1, 0.15) is 47.0 Å². The van der Waals surface area contributed by atoms with Gasteiger partial charge in [-0.3, -0.25) is 4.79 Å². The third kappa shape index (κ3) is 4.64. The summed E-state index contributed by atoms with van der Waals surface area (Å²) in [5.41, 5.74) is 0. The van der Waals surface area contributed by atoms with Crippen LogP contribution >= 0.6 is 0 Å². The molecule has 4 unspecified atom stereocenters. The van der Waals surface area contributed by atoms with Gasteiger partial charge in [0.2, 0.25) is 0 Å². The van der Waals surface area contributed by atoms with Crippen LogP contribution in [0.2, 0.25) is 0 Å². The molecule has 0 bridgehead atoms. The van der Waals surface area contributed by atoms with Crippen molar-refractivity contribution < 1.29 is 14.1 Å². The van der Waals surface area contributed by atoms with Crippen molar-refractivity contribution in [1.29, 1.82) is 0 Å². The first-order chi connectivity index (χ1) is 9.57. The molecule has 118 valence electrons. The number of ether oxygens (including phenoxy) is 1. The Kier molecular flexibility index (Phi) is 7.92. The van der Waals surface area contributed by atoms with Crippen molar-refractivity contribution in [2.75, 3.05) is 25.4 Å². The summed E-state index contributed by atoms with van der Waals surface area (Å²) in [5.74, 6) is 1.42. The lowest BCUT2D eigenvalue weighted by Crippen LogP contribution is -2.34. The van der Waals surface area contributed by atoms with Gasteiger partial charge in [0.15, 0.2) is 0 Å². The lowest BCUT2D eigenvalue weighted by molar-refractivity contribution is -0.149. The van der Waals surface area contributed by atoms with Gasteiger partial charge in [0.1, 0.15) is 5.75 Å². The molecule has 0 aliphatic heterocycles. The first kappa shape index (κ1) is 17.8. The van der Waals surface area contributed by atoms with E-state index in [0.717, 1.165) is 32.4 Å². The third-order valence-electron chi connectivity index (χ3n) is 4.28. The third-order valence-corrected chi connectivity index (χ3v) is 6.13. The van der Waals surface area contributed by atoms with Crippen LogP contribution in [-0.2, 0) is 20.9 Å². The average Bonchev–Trinajstić information content (AvgIpc) is 2.83. The largest absolute Gasteiger partial charge is 0.598 e. The zero-order valence-corrected chi connectivity index (χ0v) is 14.1. The van der Waals surface area contributed by atoms with Crippen molar-refractivity contribution in [3.8, 4) is 0 Å². The maximum atomic E-state index is 12.3. The monoisotopic (exact) mass is 303 g/mol. The molecule has 0 amide bonds. The summed E-state index contributed by atoms with van der Waals surface area (Å²) in [6.07, 6.45) is 2.84. The Morgan fingerprint density at radius 2 is 1.90 bits per heavy atom. The normalized spacial score (nSPS) is 27.8. The van der Waals surface area contributed by atoms with Gasteiger partial charge in [0, 0.05) is 30.4 Å². The van der Waals surface area contributed by atoms with E-state index in [4.69, 9.17) is 4.74 Å². The standard InChI is InChI=1S/C15H29NO3S/c1-5-13-9-12(10-14(13)15(17)19-8-4)11-20(18)16(6-2)7-3/h12-14H,5-11H2,1-4H3. The minimum Gasteiger partial charge on any atom is -0.598 e. The Hall–Kier alpha value is -0.260. The predicted molar refractivity (Wildman–Crippen MR) is 82.6 cm³/mol. The maximum Gasteiger partial charge on any atom is 0.309 e. The number of rotatable bonds is 8. The van der Waals surface area contributed by atoms with Crippen molar-refractivity contribution in [1.82, 2.24) is 4.31 Å². The molecule has 0 spiro atoms. The highest BCUT2D eigenvalue weighted by Gasteiger charge is 2.40. The van der Waals surface area contributed by atoms with Crippen LogP contribution < -0.4 is 0 Å². The number of carbonyl (C=O) groups is 1. The summed E-state index contributed by atoms with van der Waals surface area (Å²) in [4.78, 5) is 12.0. The van der Waals surface area contributed by atoms with Crippen molar-refractivity contribution >= 4 is 17.3 Å². The van der Waals surface area contributed by atoms with Crippen molar-refractivity contribution in [2.24, 2.45) is 17.8 Å². The Bertz CT molecular complexity index is 297. The van der Waals surface area contributed by atoms with Gasteiger partial charge in [-0.1, -0.05) is 13.3 Å². The summed E-state index contributed by atoms with van der Waals surface area (Å²) in [5, 5.41) is 0. The molecule has 0 aromatic rings. The molecule has 0 aromatic carbocycles. The fraction of sp³-hybridized carbons (Fsp3) is 0.933. The van der Waals surface area contributed by atoms with E-state index in [1.54, 1.807) is 0 Å². The molecule has 20 heavy (non-hydrogen) atoms. The zero-order chi connectivity index (χ0) is 15.1. The molecule has 1 fully saturated rings. The van der Waals surface area contributed by atoms with Gasteiger partial charge in [0.05, 0.1) is 12.5 Å². The summed E-state index contributed by atoms with van der Waals surface area (Å²) < 4.78 is 19.4. The molecule has 4 nitrogen and oxygen atoms in total. The van der Waals surface area contributed by atoms with E-state index in [1.807, 2.05) is 25.1 Å². The second-order valence-electron chi connectivity index (χ2n) is 5.47. The molecular weight excluding hydrogens is 274 g/mol. The SMILES string of the molecule is CCOC(=O)C1CC(C[S+]([O-])N(CC)CC)CC1CC. The molecule has 0 heterocycles. The lowest BCUT2D eigenvalue weighted by Gasteiger charge is -2.23. The number of nitrogens with zero attached hydrogens (tertiary/aromatic N) is 1. The molecule has 1 rings (SSSR count). The summed E-state index contributed by atoms with van der Waals surface area (Å²) >= 11 is -0.915. The van der Waals surface area contributed by atoms with Crippen LogP contribution in [0.15, 0.2) is 0 Å². The minimum absolute atomic E-state index is 0.0126. The quantitative estimate of drug-likeness (QED) is 0.511. The van der Waals surface area contributed by atoms with Gasteiger partial charge in [-0.25, -0.2) is 0 Å². The maximum absolute atomic E-state index is 12.3. The van der Waals surface area contributed by atoms with Gasteiger partial charge >= 0.3 is 5.97 Å². The highest BCUT2D eigenvalue weighted by Crippen LogP contribution is 2.40. The lowest BCUT2D eigenvalue weighted by atomic mass is 9.94. The van der Waals surface area contributed by atoms with Crippen LogP contribution in [-0.4, -0.2) is 40.3 Å². The average molecular weight is 303 g/mol. The molecule has 4 atom stereocenters. The first-order valence-corrected chi connectivity index (χ1v) is 9.14. The number of hydrogen-bond acceptors (Lipinski definition) is 4. The summed E-state index contributed by atoms with van der Waals surface area (Å²) in [7, 11) is 0. The van der Waals surface area contributed by atoms with E-state index in [9.17, 15) is 9.35 Å². The van der Waals surface area contributed by atoms with Crippen LogP contribution in [0.25, 0.3) is 0 Å². The Labute approximate surface area is 126 Å². The number of carbonyl (C=O) groups excluding carboxylic acids is 1. The van der Waals surface area contributed by atoms with Gasteiger partial charge in [0.25, 0.3) is 0 Å². The Morgan fingerprint density at radius 3 is 2.40 bits per heavy atom. The Morgan fingerprint density at radius 1 is 1.25 bits per heavy atom. The van der Waals surface area contributed by atoms with Crippen LogP contribution in [0.4, 0.5) is 0 Å². The van der Waals surface area contributed by atoms with Gasteiger partial charge in [-0.15, -0.1) is 4.31 Å². The molecule has 0 N–H and O–H groups in total. The number of hydrogen-bond donors (Lipinski definition) is 0. The predicted octanol–water partition coefficient (Wildman–Crippen LogP) is 2.61. The molecule has 1 aliphatic carbocycles. The second kappa shape index (κ2) is 8.90. The van der Waals surface area contributed by atoms with E-state index in [0.29, 0.717) is 24.2 Å². The minimum atomic E-state index is -0.915. The Balaban J connectivity index is 2.56. The summed E-state index contributed by atoms with van der Waals surface area (Å²) in [6.45, 7) is 10.1. The highest BCUT2D eigenvalue weighted by atomic mass is 32.2. The fourth-order valence-electron chi connectivity index (χ4n) is 3.18. The van der Waals surface area contributed by atoms with Gasteiger partial charge < -0.3 is 9.29 Å². The van der Waals surface area contributed by atoms with Crippen molar-refractivity contribution in [2.45, 2.75) is 47.0 Å². The zero-order valence-electron chi connectivity index (χ0n) is 13.3. The molecule has 0 radical (unpaired) electrons. The van der Waals surface area contributed by atoms with Crippen molar-refractivity contribution in [3.63, 3.8) is 0 Å². The van der Waals surface area contributed by atoms with Gasteiger partial charge in [-0.05, 0) is 39.5 Å². The van der Waals surface area contributed by atoms with Gasteiger partial charge in [-0.2, -0.15) is 0 Å². The second-order valence-corrected chi connectivity index (χ2v) is 6.96. The van der Waals surface area contributed by atoms with Crippen molar-refractivity contribution in [3.05, 3.63) is 0 Å². The van der Waals surface area contributed by atoms with Crippen LogP contribution in [0.5, 0.6) is 0 Å². The molecule has 5 heteroatoms. The van der Waals surface area contributed by atoms with Crippen LogP contribution in [0, 0.1) is 17.8 Å². The smallest absolute Gasteiger partial charge is 0.309 e. The summed E-state index contributed by atoms with van der Waals surface area (Å²) in [6, 6.07) is 0. The number of esters is 1. The van der Waals surface area contributed by atoms with E-state index >= 15 is 0 Å². The van der Waals surface area contributed by atoms with Crippen LogP contribution in [0.3, 0.4) is 0 Å². The van der Waals surface area contributed by atoms with E-state index in [-0.39, 0.29) is 11.9 Å². The van der Waals surface area contributed by atoms with E-state index in [1.165, 1.54) is 0 Å². The molecule has 1 saturated carbocycles. The molecular formula is C15H29NO3S. The fourth-order valence-corrected chi connectivity index (χ4v) is 4.65. The van der Waals surface area contributed by atoms with E-state index < -0.39 is 11.4 Å². The first-order valence-electron chi connectivity index (χ1n) is 7.87. The highest BCUT2D eigenvalue weighted by molar-refractivity contribution is 7.89. The molecule has 1 aliphatic rings. The van der Waals surface area contributed by atoms with E-state index in [2.05, 4.69) is 6.92 Å². The molecule has 0 saturated heterocycles.